The van der Waals surface area contributed by atoms with E-state index in [4.69, 9.17) is 9.47 Å². The molecule has 1 aromatic carbocycles. The van der Waals surface area contributed by atoms with Crippen molar-refractivity contribution in [2.45, 2.75) is 45.3 Å². The lowest BCUT2D eigenvalue weighted by Gasteiger charge is -2.24. The third-order valence-electron chi connectivity index (χ3n) is 5.75. The summed E-state index contributed by atoms with van der Waals surface area (Å²) in [6.45, 7) is 9.32. The second-order valence-electron chi connectivity index (χ2n) is 7.82. The fourth-order valence-electron chi connectivity index (χ4n) is 3.58. The van der Waals surface area contributed by atoms with Gasteiger partial charge in [0, 0.05) is 57.9 Å². The van der Waals surface area contributed by atoms with Gasteiger partial charge < -0.3 is 25.0 Å². The molecule has 30 heavy (non-hydrogen) atoms. The molecule has 7 nitrogen and oxygen atoms in total. The SMILES string of the molecule is CCC(C)N(C)CCNC(=NC)NC1CCN(Cc2cc(OC)cc(OC)c2)C1.I. The summed E-state index contributed by atoms with van der Waals surface area (Å²) in [7, 11) is 7.39. The summed E-state index contributed by atoms with van der Waals surface area (Å²) in [5.74, 6) is 2.55. The minimum absolute atomic E-state index is 0. The number of nitrogens with zero attached hydrogens (tertiary/aromatic N) is 3. The maximum atomic E-state index is 5.39. The highest BCUT2D eigenvalue weighted by Crippen LogP contribution is 2.24. The Morgan fingerprint density at radius 3 is 2.50 bits per heavy atom. The predicted octanol–water partition coefficient (Wildman–Crippen LogP) is 2.79. The summed E-state index contributed by atoms with van der Waals surface area (Å²) in [4.78, 5) is 9.22. The first-order chi connectivity index (χ1) is 14.0. The molecule has 1 aromatic rings. The number of benzene rings is 1. The van der Waals surface area contributed by atoms with E-state index < -0.39 is 0 Å². The zero-order valence-electron chi connectivity index (χ0n) is 19.4. The quantitative estimate of drug-likeness (QED) is 0.274. The van der Waals surface area contributed by atoms with Crippen molar-refractivity contribution in [3.63, 3.8) is 0 Å². The average molecular weight is 533 g/mol. The highest BCUT2D eigenvalue weighted by molar-refractivity contribution is 14.0. The minimum atomic E-state index is 0. The molecule has 0 aromatic heterocycles. The molecule has 172 valence electrons. The van der Waals surface area contributed by atoms with Crippen molar-refractivity contribution in [2.24, 2.45) is 4.99 Å². The van der Waals surface area contributed by atoms with Gasteiger partial charge in [-0.05, 0) is 44.5 Å². The zero-order valence-corrected chi connectivity index (χ0v) is 21.7. The van der Waals surface area contributed by atoms with Crippen LogP contribution in [0.15, 0.2) is 23.2 Å². The molecule has 0 saturated carbocycles. The molecule has 1 heterocycles. The molecule has 2 N–H and O–H groups in total. The van der Waals surface area contributed by atoms with Crippen LogP contribution in [0.5, 0.6) is 11.5 Å². The molecule has 1 aliphatic rings. The lowest BCUT2D eigenvalue weighted by molar-refractivity contribution is 0.255. The third kappa shape index (κ3) is 8.47. The molecule has 0 bridgehead atoms. The number of guanidine groups is 1. The third-order valence-corrected chi connectivity index (χ3v) is 5.75. The summed E-state index contributed by atoms with van der Waals surface area (Å²) in [5, 5.41) is 7.02. The first-order valence-corrected chi connectivity index (χ1v) is 10.6. The molecule has 2 rings (SSSR count). The van der Waals surface area contributed by atoms with E-state index in [2.05, 4.69) is 58.5 Å². The van der Waals surface area contributed by atoms with E-state index in [1.165, 1.54) is 12.0 Å². The number of likely N-dealkylation sites (tertiary alicyclic amines) is 1. The van der Waals surface area contributed by atoms with Crippen molar-refractivity contribution in [3.05, 3.63) is 23.8 Å². The van der Waals surface area contributed by atoms with Gasteiger partial charge in [-0.1, -0.05) is 6.92 Å². The first kappa shape index (κ1) is 26.8. The number of rotatable bonds is 10. The standard InChI is InChI=1S/C22H39N5O2.HI/c1-7-17(2)26(4)11-9-24-22(23-3)25-19-8-10-27(16-19)15-18-12-20(28-5)14-21(13-18)29-6;/h12-14,17,19H,7-11,15-16H2,1-6H3,(H2,23,24,25);1H. The topological polar surface area (TPSA) is 61.4 Å². The van der Waals surface area contributed by atoms with Gasteiger partial charge in [-0.3, -0.25) is 9.89 Å². The molecule has 2 unspecified atom stereocenters. The van der Waals surface area contributed by atoms with Crippen molar-refractivity contribution in [1.82, 2.24) is 20.4 Å². The van der Waals surface area contributed by atoms with Crippen LogP contribution in [0.1, 0.15) is 32.3 Å². The second-order valence-corrected chi connectivity index (χ2v) is 7.82. The van der Waals surface area contributed by atoms with Gasteiger partial charge in [-0.15, -0.1) is 24.0 Å². The average Bonchev–Trinajstić information content (AvgIpc) is 3.18. The maximum absolute atomic E-state index is 5.39. The van der Waals surface area contributed by atoms with E-state index in [1.807, 2.05) is 13.1 Å². The van der Waals surface area contributed by atoms with E-state index in [9.17, 15) is 0 Å². The van der Waals surface area contributed by atoms with Crippen LogP contribution in [0.25, 0.3) is 0 Å². The van der Waals surface area contributed by atoms with Gasteiger partial charge in [-0.2, -0.15) is 0 Å². The Morgan fingerprint density at radius 2 is 1.93 bits per heavy atom. The summed E-state index contributed by atoms with van der Waals surface area (Å²) in [5.41, 5.74) is 1.21. The Balaban J connectivity index is 0.00000450. The Labute approximate surface area is 199 Å². The largest absolute Gasteiger partial charge is 0.497 e. The Morgan fingerprint density at radius 1 is 1.27 bits per heavy atom. The molecule has 0 spiro atoms. The predicted molar refractivity (Wildman–Crippen MR) is 136 cm³/mol. The van der Waals surface area contributed by atoms with E-state index in [1.54, 1.807) is 14.2 Å². The van der Waals surface area contributed by atoms with Crippen LogP contribution >= 0.6 is 24.0 Å². The van der Waals surface area contributed by atoms with Crippen LogP contribution in [0.3, 0.4) is 0 Å². The lowest BCUT2D eigenvalue weighted by atomic mass is 10.2. The number of nitrogens with one attached hydrogen (secondary N) is 2. The summed E-state index contributed by atoms with van der Waals surface area (Å²) < 4.78 is 10.8. The number of methoxy groups -OCH3 is 2. The number of aliphatic imine (C=N–C) groups is 1. The van der Waals surface area contributed by atoms with Gasteiger partial charge in [0.2, 0.25) is 0 Å². The molecule has 1 fully saturated rings. The van der Waals surface area contributed by atoms with Gasteiger partial charge in [-0.25, -0.2) is 0 Å². The fraction of sp³-hybridized carbons (Fsp3) is 0.682. The Bertz CT molecular complexity index is 636. The van der Waals surface area contributed by atoms with Crippen LogP contribution in [0.2, 0.25) is 0 Å². The molecule has 0 amide bonds. The minimum Gasteiger partial charge on any atom is -0.497 e. The first-order valence-electron chi connectivity index (χ1n) is 10.6. The zero-order chi connectivity index (χ0) is 21.2. The molecule has 2 atom stereocenters. The van der Waals surface area contributed by atoms with E-state index >= 15 is 0 Å². The van der Waals surface area contributed by atoms with Crippen molar-refractivity contribution in [2.75, 3.05) is 54.5 Å². The molecule has 8 heteroatoms. The summed E-state index contributed by atoms with van der Waals surface area (Å²) >= 11 is 0. The highest BCUT2D eigenvalue weighted by atomic mass is 127. The van der Waals surface area contributed by atoms with Crippen LogP contribution < -0.4 is 20.1 Å². The molecular weight excluding hydrogens is 493 g/mol. The van der Waals surface area contributed by atoms with Crippen LogP contribution in [0.4, 0.5) is 0 Å². The fourth-order valence-corrected chi connectivity index (χ4v) is 3.58. The van der Waals surface area contributed by atoms with Crippen molar-refractivity contribution >= 4 is 29.9 Å². The molecule has 0 radical (unpaired) electrons. The summed E-state index contributed by atoms with van der Waals surface area (Å²) in [6, 6.07) is 7.08. The smallest absolute Gasteiger partial charge is 0.191 e. The van der Waals surface area contributed by atoms with Gasteiger partial charge in [0.05, 0.1) is 14.2 Å². The number of hydrogen-bond acceptors (Lipinski definition) is 5. The highest BCUT2D eigenvalue weighted by Gasteiger charge is 2.23. The van der Waals surface area contributed by atoms with Gasteiger partial charge in [0.1, 0.15) is 11.5 Å². The number of likely N-dealkylation sites (N-methyl/N-ethyl adjacent to an activating group) is 1. The number of hydrogen-bond donors (Lipinski definition) is 2. The van der Waals surface area contributed by atoms with Crippen LogP contribution in [-0.4, -0.2) is 82.3 Å². The molecule has 1 aliphatic heterocycles. The van der Waals surface area contributed by atoms with Gasteiger partial charge in [0.15, 0.2) is 5.96 Å². The van der Waals surface area contributed by atoms with Gasteiger partial charge in [0.25, 0.3) is 0 Å². The number of halogens is 1. The number of ether oxygens (including phenoxy) is 2. The maximum Gasteiger partial charge on any atom is 0.191 e. The van der Waals surface area contributed by atoms with E-state index in [0.29, 0.717) is 12.1 Å². The molecular formula is C22H40IN5O2. The van der Waals surface area contributed by atoms with Crippen molar-refractivity contribution < 1.29 is 9.47 Å². The Hall–Kier alpha value is -1.26. The van der Waals surface area contributed by atoms with Gasteiger partial charge >= 0.3 is 0 Å². The van der Waals surface area contributed by atoms with Crippen LogP contribution in [0, 0.1) is 0 Å². The lowest BCUT2D eigenvalue weighted by Crippen LogP contribution is -2.46. The second kappa shape index (κ2) is 13.9. The van der Waals surface area contributed by atoms with E-state index in [-0.39, 0.29) is 24.0 Å². The monoisotopic (exact) mass is 533 g/mol. The van der Waals surface area contributed by atoms with Crippen molar-refractivity contribution in [1.29, 1.82) is 0 Å². The van der Waals surface area contributed by atoms with Crippen LogP contribution in [-0.2, 0) is 6.54 Å². The molecule has 0 aliphatic carbocycles. The normalized spacial score (nSPS) is 18.1. The molecule has 1 saturated heterocycles. The Kier molecular flexibility index (Phi) is 12.4. The summed E-state index contributed by atoms with van der Waals surface area (Å²) in [6.07, 6.45) is 2.27. The van der Waals surface area contributed by atoms with Crippen molar-refractivity contribution in [3.8, 4) is 11.5 Å². The van der Waals surface area contributed by atoms with E-state index in [0.717, 1.165) is 56.6 Å².